The maximum Gasteiger partial charge on any atom is 0.154 e. The third-order valence-corrected chi connectivity index (χ3v) is 4.59. The molecule has 1 aromatic carbocycles. The Morgan fingerprint density at radius 3 is 2.54 bits per heavy atom. The number of nitrogens with zero attached hydrogens (tertiary/aromatic N) is 3. The van der Waals surface area contributed by atoms with Gasteiger partial charge in [-0.05, 0) is 30.4 Å². The molecule has 0 saturated carbocycles. The van der Waals surface area contributed by atoms with E-state index in [0.717, 1.165) is 54.2 Å². The minimum Gasteiger partial charge on any atom is -0.381 e. The van der Waals surface area contributed by atoms with Gasteiger partial charge in [0.1, 0.15) is 5.52 Å². The Labute approximate surface area is 141 Å². The smallest absolute Gasteiger partial charge is 0.154 e. The molecular weight excluding hydrogens is 300 g/mol. The van der Waals surface area contributed by atoms with Crippen LogP contribution in [0.2, 0.25) is 0 Å². The Kier molecular flexibility index (Phi) is 4.09. The first-order valence-electron chi connectivity index (χ1n) is 8.33. The minimum absolute atomic E-state index is 0.607. The molecule has 5 nitrogen and oxygen atoms in total. The summed E-state index contributed by atoms with van der Waals surface area (Å²) >= 11 is 0. The lowest BCUT2D eigenvalue weighted by Gasteiger charge is -2.22. The Morgan fingerprint density at radius 2 is 1.79 bits per heavy atom. The van der Waals surface area contributed by atoms with Crippen LogP contribution in [-0.4, -0.2) is 35.2 Å². The normalized spacial score (nSPS) is 15.5. The van der Waals surface area contributed by atoms with E-state index < -0.39 is 0 Å². The molecule has 0 aliphatic carbocycles. The molecule has 1 aliphatic rings. The topological polar surface area (TPSA) is 59.9 Å². The molecule has 5 heteroatoms. The fraction of sp³-hybridized carbons (Fsp3) is 0.316. The predicted octanol–water partition coefficient (Wildman–Crippen LogP) is 3.63. The summed E-state index contributed by atoms with van der Waals surface area (Å²) < 4.78 is 5.45. The zero-order chi connectivity index (χ0) is 16.4. The van der Waals surface area contributed by atoms with E-state index in [-0.39, 0.29) is 0 Å². The van der Waals surface area contributed by atoms with Crippen LogP contribution in [0.4, 0.5) is 5.82 Å². The molecule has 122 valence electrons. The van der Waals surface area contributed by atoms with E-state index in [1.807, 2.05) is 13.1 Å². The van der Waals surface area contributed by atoms with Crippen molar-refractivity contribution in [3.8, 4) is 11.3 Å². The molecular formula is C19H20N4O. The zero-order valence-electron chi connectivity index (χ0n) is 13.7. The van der Waals surface area contributed by atoms with Gasteiger partial charge in [-0.2, -0.15) is 0 Å². The van der Waals surface area contributed by atoms with Crippen LogP contribution < -0.4 is 5.32 Å². The van der Waals surface area contributed by atoms with Crippen molar-refractivity contribution in [3.63, 3.8) is 0 Å². The number of fused-ring (bicyclic) bond motifs is 1. The summed E-state index contributed by atoms with van der Waals surface area (Å²) in [6.07, 6.45) is 5.60. The first-order valence-corrected chi connectivity index (χ1v) is 8.33. The van der Waals surface area contributed by atoms with Crippen LogP contribution in [0, 0.1) is 0 Å². The summed E-state index contributed by atoms with van der Waals surface area (Å²) in [5.41, 5.74) is 5.03. The SMILES string of the molecule is CNc1nc(-c2ccc(C3CCOCC3)cc2)cc2nccnc12. The van der Waals surface area contributed by atoms with Gasteiger partial charge in [-0.3, -0.25) is 4.98 Å². The van der Waals surface area contributed by atoms with Gasteiger partial charge in [0.15, 0.2) is 5.82 Å². The van der Waals surface area contributed by atoms with E-state index in [1.54, 1.807) is 12.4 Å². The second-order valence-corrected chi connectivity index (χ2v) is 6.04. The number of ether oxygens (including phenoxy) is 1. The van der Waals surface area contributed by atoms with Gasteiger partial charge in [-0.25, -0.2) is 9.97 Å². The van der Waals surface area contributed by atoms with Crippen molar-refractivity contribution >= 4 is 16.9 Å². The zero-order valence-corrected chi connectivity index (χ0v) is 13.7. The third-order valence-electron chi connectivity index (χ3n) is 4.59. The first kappa shape index (κ1) is 15.0. The predicted molar refractivity (Wildman–Crippen MR) is 95.1 cm³/mol. The summed E-state index contributed by atoms with van der Waals surface area (Å²) in [5, 5.41) is 3.12. The molecule has 1 fully saturated rings. The number of aromatic nitrogens is 3. The molecule has 1 aliphatic heterocycles. The van der Waals surface area contributed by atoms with E-state index in [1.165, 1.54) is 5.56 Å². The van der Waals surface area contributed by atoms with Crippen LogP contribution in [0.25, 0.3) is 22.3 Å². The molecule has 0 amide bonds. The van der Waals surface area contributed by atoms with Crippen LogP contribution in [0.1, 0.15) is 24.3 Å². The van der Waals surface area contributed by atoms with Gasteiger partial charge in [-0.15, -0.1) is 0 Å². The van der Waals surface area contributed by atoms with Crippen molar-refractivity contribution in [1.82, 2.24) is 15.0 Å². The highest BCUT2D eigenvalue weighted by Gasteiger charge is 2.16. The van der Waals surface area contributed by atoms with Crippen LogP contribution in [-0.2, 0) is 4.74 Å². The summed E-state index contributed by atoms with van der Waals surface area (Å²) in [5.74, 6) is 1.36. The van der Waals surface area contributed by atoms with Crippen molar-refractivity contribution in [3.05, 3.63) is 48.3 Å². The maximum absolute atomic E-state index is 5.45. The van der Waals surface area contributed by atoms with E-state index in [0.29, 0.717) is 5.92 Å². The summed E-state index contributed by atoms with van der Waals surface area (Å²) in [7, 11) is 1.86. The second-order valence-electron chi connectivity index (χ2n) is 6.04. The highest BCUT2D eigenvalue weighted by atomic mass is 16.5. The van der Waals surface area contributed by atoms with Crippen molar-refractivity contribution in [2.24, 2.45) is 0 Å². The number of hydrogen-bond donors (Lipinski definition) is 1. The van der Waals surface area contributed by atoms with Gasteiger partial charge in [0.2, 0.25) is 0 Å². The number of rotatable bonds is 3. The number of hydrogen-bond acceptors (Lipinski definition) is 5. The number of nitrogens with one attached hydrogen (secondary N) is 1. The van der Waals surface area contributed by atoms with Crippen molar-refractivity contribution < 1.29 is 4.74 Å². The van der Waals surface area contributed by atoms with Gasteiger partial charge in [-0.1, -0.05) is 24.3 Å². The van der Waals surface area contributed by atoms with Crippen LogP contribution in [0.15, 0.2) is 42.7 Å². The quantitative estimate of drug-likeness (QED) is 0.798. The fourth-order valence-corrected chi connectivity index (χ4v) is 3.25. The minimum atomic E-state index is 0.607. The van der Waals surface area contributed by atoms with Gasteiger partial charge in [0.05, 0.1) is 11.2 Å². The van der Waals surface area contributed by atoms with Gasteiger partial charge < -0.3 is 10.1 Å². The largest absolute Gasteiger partial charge is 0.381 e. The van der Waals surface area contributed by atoms with E-state index in [2.05, 4.69) is 39.6 Å². The van der Waals surface area contributed by atoms with Gasteiger partial charge in [0.25, 0.3) is 0 Å². The molecule has 24 heavy (non-hydrogen) atoms. The van der Waals surface area contributed by atoms with E-state index in [9.17, 15) is 0 Å². The lowest BCUT2D eigenvalue weighted by Crippen LogP contribution is -2.13. The Bertz CT molecular complexity index is 842. The first-order chi connectivity index (χ1) is 11.8. The van der Waals surface area contributed by atoms with Crippen LogP contribution in [0.3, 0.4) is 0 Å². The lowest BCUT2D eigenvalue weighted by molar-refractivity contribution is 0.0853. The summed E-state index contributed by atoms with van der Waals surface area (Å²) in [4.78, 5) is 13.5. The maximum atomic E-state index is 5.45. The Hall–Kier alpha value is -2.53. The Morgan fingerprint density at radius 1 is 1.04 bits per heavy atom. The molecule has 0 unspecified atom stereocenters. The van der Waals surface area contributed by atoms with E-state index >= 15 is 0 Å². The molecule has 0 radical (unpaired) electrons. The van der Waals surface area contributed by atoms with Crippen molar-refractivity contribution in [2.75, 3.05) is 25.6 Å². The standard InChI is InChI=1S/C19H20N4O/c1-20-19-18-17(21-8-9-22-18)12-16(23-19)15-4-2-13(3-5-15)14-6-10-24-11-7-14/h2-5,8-9,12,14H,6-7,10-11H2,1H3,(H,20,23). The average molecular weight is 320 g/mol. The monoisotopic (exact) mass is 320 g/mol. The molecule has 0 spiro atoms. The number of benzene rings is 1. The molecule has 3 heterocycles. The van der Waals surface area contributed by atoms with E-state index in [4.69, 9.17) is 9.72 Å². The lowest BCUT2D eigenvalue weighted by atomic mass is 9.91. The summed E-state index contributed by atoms with van der Waals surface area (Å²) in [6, 6.07) is 10.7. The summed E-state index contributed by atoms with van der Waals surface area (Å²) in [6.45, 7) is 1.73. The highest BCUT2D eigenvalue weighted by Crippen LogP contribution is 2.30. The highest BCUT2D eigenvalue weighted by molar-refractivity contribution is 5.88. The molecule has 4 rings (SSSR count). The molecule has 0 bridgehead atoms. The second kappa shape index (κ2) is 6.53. The molecule has 2 aromatic heterocycles. The third kappa shape index (κ3) is 2.83. The number of pyridine rings is 1. The number of anilines is 1. The molecule has 1 saturated heterocycles. The average Bonchev–Trinajstić information content (AvgIpc) is 2.68. The molecule has 3 aromatic rings. The van der Waals surface area contributed by atoms with Crippen molar-refractivity contribution in [2.45, 2.75) is 18.8 Å². The van der Waals surface area contributed by atoms with Gasteiger partial charge >= 0.3 is 0 Å². The molecule has 1 N–H and O–H groups in total. The van der Waals surface area contributed by atoms with Crippen molar-refractivity contribution in [1.29, 1.82) is 0 Å². The fourth-order valence-electron chi connectivity index (χ4n) is 3.25. The van der Waals surface area contributed by atoms with Crippen LogP contribution >= 0.6 is 0 Å². The molecule has 0 atom stereocenters. The van der Waals surface area contributed by atoms with Gasteiger partial charge in [0, 0.05) is 38.2 Å². The Balaban J connectivity index is 1.69. The van der Waals surface area contributed by atoms with Crippen LogP contribution in [0.5, 0.6) is 0 Å².